The van der Waals surface area contributed by atoms with Crippen LogP contribution in [0, 0.1) is 9.49 Å². The topological polar surface area (TPSA) is 55.1 Å². The van der Waals surface area contributed by atoms with Crippen LogP contribution in [0.25, 0.3) is 0 Å². The Kier molecular flexibility index (Phi) is 4.27. The van der Waals surface area contributed by atoms with Crippen molar-refractivity contribution in [3.63, 3.8) is 0 Å². The smallest absolute Gasteiger partial charge is 0.227 e. The molecule has 0 bridgehead atoms. The van der Waals surface area contributed by atoms with Crippen LogP contribution in [0.1, 0.15) is 19.3 Å². The van der Waals surface area contributed by atoms with E-state index in [2.05, 4.69) is 27.9 Å². The van der Waals surface area contributed by atoms with Crippen molar-refractivity contribution in [2.24, 2.45) is 11.7 Å². The maximum Gasteiger partial charge on any atom is 0.227 e. The first-order valence-electron chi connectivity index (χ1n) is 5.58. The zero-order valence-corrected chi connectivity index (χ0v) is 12.2. The second-order valence-corrected chi connectivity index (χ2v) is 5.98. The van der Waals surface area contributed by atoms with E-state index < -0.39 is 0 Å². The van der Waals surface area contributed by atoms with Gasteiger partial charge in [0.15, 0.2) is 0 Å². The van der Waals surface area contributed by atoms with Gasteiger partial charge >= 0.3 is 0 Å². The number of halogens is 2. The molecule has 1 aromatic rings. The Bertz CT molecular complexity index is 439. The lowest BCUT2D eigenvalue weighted by Gasteiger charge is -2.12. The summed E-state index contributed by atoms with van der Waals surface area (Å²) in [4.78, 5) is 12.0. The molecule has 1 amide bonds. The summed E-state index contributed by atoms with van der Waals surface area (Å²) in [5.41, 5.74) is 6.63. The van der Waals surface area contributed by atoms with Crippen molar-refractivity contribution in [2.75, 3.05) is 5.32 Å². The van der Waals surface area contributed by atoms with Gasteiger partial charge in [0.1, 0.15) is 0 Å². The van der Waals surface area contributed by atoms with Crippen LogP contribution in [0.3, 0.4) is 0 Å². The summed E-state index contributed by atoms with van der Waals surface area (Å²) in [5, 5.41) is 3.62. The minimum atomic E-state index is 0.0523. The normalized spacial score (nSPS) is 23.7. The first-order chi connectivity index (χ1) is 8.06. The van der Waals surface area contributed by atoms with E-state index in [0.717, 1.165) is 28.5 Å². The van der Waals surface area contributed by atoms with Crippen LogP contribution in [0.2, 0.25) is 5.02 Å². The van der Waals surface area contributed by atoms with Gasteiger partial charge in [-0.25, -0.2) is 0 Å². The molecule has 2 unspecified atom stereocenters. The van der Waals surface area contributed by atoms with Crippen LogP contribution >= 0.6 is 34.2 Å². The number of carbonyl (C=O) groups excluding carboxylic acids is 1. The van der Waals surface area contributed by atoms with E-state index in [0.29, 0.717) is 5.02 Å². The summed E-state index contributed by atoms with van der Waals surface area (Å²) in [7, 11) is 0. The number of rotatable bonds is 2. The fourth-order valence-electron chi connectivity index (χ4n) is 2.08. The van der Waals surface area contributed by atoms with Crippen molar-refractivity contribution in [1.82, 2.24) is 0 Å². The Hall–Kier alpha value is -0.330. The molecule has 17 heavy (non-hydrogen) atoms. The van der Waals surface area contributed by atoms with Crippen molar-refractivity contribution >= 4 is 45.8 Å². The summed E-state index contributed by atoms with van der Waals surface area (Å²) >= 11 is 8.03. The largest absolute Gasteiger partial charge is 0.328 e. The van der Waals surface area contributed by atoms with Gasteiger partial charge in [-0.3, -0.25) is 4.79 Å². The predicted octanol–water partition coefficient (Wildman–Crippen LogP) is 3.01. The zero-order valence-electron chi connectivity index (χ0n) is 9.25. The quantitative estimate of drug-likeness (QED) is 0.793. The summed E-state index contributed by atoms with van der Waals surface area (Å²) in [6.45, 7) is 0. The minimum Gasteiger partial charge on any atom is -0.328 e. The standard InChI is InChI=1S/C12H14ClIN2O/c13-8-2-4-11(10(14)6-8)16-12(17)7-1-3-9(15)5-7/h2,4,6-7,9H,1,3,5,15H2,(H,16,17). The van der Waals surface area contributed by atoms with Crippen LogP contribution in [0.15, 0.2) is 18.2 Å². The number of nitrogens with two attached hydrogens (primary N) is 1. The molecule has 0 aliphatic heterocycles. The summed E-state index contributed by atoms with van der Waals surface area (Å²) in [5.74, 6) is 0.120. The third kappa shape index (κ3) is 3.33. The van der Waals surface area contributed by atoms with Gasteiger partial charge in [0.05, 0.1) is 5.69 Å². The number of nitrogens with one attached hydrogen (secondary N) is 1. The Balaban J connectivity index is 2.03. The molecule has 0 heterocycles. The highest BCUT2D eigenvalue weighted by atomic mass is 127. The lowest BCUT2D eigenvalue weighted by Crippen LogP contribution is -2.23. The van der Waals surface area contributed by atoms with Gasteiger partial charge in [-0.15, -0.1) is 0 Å². The molecule has 5 heteroatoms. The second-order valence-electron chi connectivity index (χ2n) is 4.38. The molecule has 1 aromatic carbocycles. The molecule has 3 N–H and O–H groups in total. The fraction of sp³-hybridized carbons (Fsp3) is 0.417. The molecule has 1 aliphatic rings. The van der Waals surface area contributed by atoms with E-state index in [4.69, 9.17) is 17.3 Å². The number of carbonyl (C=O) groups is 1. The molecule has 0 radical (unpaired) electrons. The molecule has 2 rings (SSSR count). The maximum atomic E-state index is 12.0. The molecular formula is C12H14ClIN2O. The summed E-state index contributed by atoms with van der Waals surface area (Å²) in [6.07, 6.45) is 2.61. The van der Waals surface area contributed by atoms with E-state index >= 15 is 0 Å². The molecule has 0 saturated heterocycles. The molecule has 0 aromatic heterocycles. The summed E-state index contributed by atoms with van der Waals surface area (Å²) < 4.78 is 0.950. The van der Waals surface area contributed by atoms with Crippen LogP contribution in [0.4, 0.5) is 5.69 Å². The molecule has 0 spiro atoms. The van der Waals surface area contributed by atoms with E-state index in [-0.39, 0.29) is 17.9 Å². The average Bonchev–Trinajstić information content (AvgIpc) is 2.69. The third-order valence-corrected chi connectivity index (χ3v) is 4.16. The van der Waals surface area contributed by atoms with Crippen LogP contribution in [-0.2, 0) is 4.79 Å². The van der Waals surface area contributed by atoms with E-state index in [1.807, 2.05) is 12.1 Å². The Morgan fingerprint density at radius 2 is 2.24 bits per heavy atom. The van der Waals surface area contributed by atoms with Gasteiger partial charge in [0.25, 0.3) is 0 Å². The number of hydrogen-bond donors (Lipinski definition) is 2. The lowest BCUT2D eigenvalue weighted by molar-refractivity contribution is -0.119. The molecule has 1 saturated carbocycles. The Labute approximate surface area is 119 Å². The second kappa shape index (κ2) is 5.54. The van der Waals surface area contributed by atoms with Gasteiger partial charge < -0.3 is 11.1 Å². The first kappa shape index (κ1) is 13.1. The van der Waals surface area contributed by atoms with Gasteiger partial charge in [0.2, 0.25) is 5.91 Å². The highest BCUT2D eigenvalue weighted by Crippen LogP contribution is 2.27. The van der Waals surface area contributed by atoms with Gasteiger partial charge in [-0.1, -0.05) is 11.6 Å². The number of anilines is 1. The predicted molar refractivity (Wildman–Crippen MR) is 78.1 cm³/mol. The Morgan fingerprint density at radius 1 is 1.47 bits per heavy atom. The molecule has 1 fully saturated rings. The van der Waals surface area contributed by atoms with E-state index in [1.54, 1.807) is 6.07 Å². The SMILES string of the molecule is NC1CCC(C(=O)Nc2ccc(Cl)cc2I)C1. The molecular weight excluding hydrogens is 351 g/mol. The summed E-state index contributed by atoms with van der Waals surface area (Å²) in [6, 6.07) is 5.62. The molecule has 92 valence electrons. The van der Waals surface area contributed by atoms with Crippen molar-refractivity contribution in [2.45, 2.75) is 25.3 Å². The van der Waals surface area contributed by atoms with E-state index in [9.17, 15) is 4.79 Å². The van der Waals surface area contributed by atoms with Gasteiger partial charge in [-0.2, -0.15) is 0 Å². The number of benzene rings is 1. The van der Waals surface area contributed by atoms with Crippen molar-refractivity contribution in [3.05, 3.63) is 26.8 Å². The highest BCUT2D eigenvalue weighted by molar-refractivity contribution is 14.1. The number of amides is 1. The lowest BCUT2D eigenvalue weighted by atomic mass is 10.1. The number of hydrogen-bond acceptors (Lipinski definition) is 2. The molecule has 3 nitrogen and oxygen atoms in total. The van der Waals surface area contributed by atoms with Gasteiger partial charge in [0, 0.05) is 20.6 Å². The van der Waals surface area contributed by atoms with E-state index in [1.165, 1.54) is 0 Å². The maximum absolute atomic E-state index is 12.0. The highest BCUT2D eigenvalue weighted by Gasteiger charge is 2.27. The fourth-order valence-corrected chi connectivity index (χ4v) is 3.09. The van der Waals surface area contributed by atoms with Crippen molar-refractivity contribution in [1.29, 1.82) is 0 Å². The zero-order chi connectivity index (χ0) is 12.4. The van der Waals surface area contributed by atoms with Crippen LogP contribution in [0.5, 0.6) is 0 Å². The molecule has 2 atom stereocenters. The van der Waals surface area contributed by atoms with Crippen molar-refractivity contribution in [3.8, 4) is 0 Å². The van der Waals surface area contributed by atoms with Crippen molar-refractivity contribution < 1.29 is 4.79 Å². The van der Waals surface area contributed by atoms with Crippen LogP contribution in [-0.4, -0.2) is 11.9 Å². The average molecular weight is 365 g/mol. The van der Waals surface area contributed by atoms with Crippen LogP contribution < -0.4 is 11.1 Å². The van der Waals surface area contributed by atoms with Gasteiger partial charge in [-0.05, 0) is 60.1 Å². The molecule has 1 aliphatic carbocycles. The minimum absolute atomic E-state index is 0.0523. The first-order valence-corrected chi connectivity index (χ1v) is 7.03. The monoisotopic (exact) mass is 364 g/mol. The third-order valence-electron chi connectivity index (χ3n) is 3.03. The Morgan fingerprint density at radius 3 is 2.82 bits per heavy atom.